The molecule has 0 N–H and O–H groups in total. The Morgan fingerprint density at radius 3 is 2.68 bits per heavy atom. The van der Waals surface area contributed by atoms with Crippen LogP contribution in [0, 0.1) is 6.92 Å². The Labute approximate surface area is 110 Å². The number of benzene rings is 1. The SMILES string of the molecule is Cc1cc2c3c(c1)c(=O)oc(=O)n3C(C)(C)CC2C. The van der Waals surface area contributed by atoms with Gasteiger partial charge >= 0.3 is 11.4 Å². The molecule has 3 rings (SSSR count). The van der Waals surface area contributed by atoms with E-state index in [-0.39, 0.29) is 5.54 Å². The second-order valence-electron chi connectivity index (χ2n) is 6.16. The molecule has 0 amide bonds. The molecule has 1 aromatic carbocycles. The highest BCUT2D eigenvalue weighted by atomic mass is 16.4. The van der Waals surface area contributed by atoms with Crippen LogP contribution in [0.2, 0.25) is 0 Å². The Morgan fingerprint density at radius 2 is 2.00 bits per heavy atom. The van der Waals surface area contributed by atoms with Crippen LogP contribution in [0.3, 0.4) is 0 Å². The summed E-state index contributed by atoms with van der Waals surface area (Å²) in [6.45, 7) is 8.11. The molecule has 1 aliphatic heterocycles. The Hall–Kier alpha value is -1.84. The van der Waals surface area contributed by atoms with Crippen molar-refractivity contribution in [3.05, 3.63) is 44.2 Å². The predicted octanol–water partition coefficient (Wildman–Crippen LogP) is 2.51. The van der Waals surface area contributed by atoms with Crippen LogP contribution in [0.1, 0.15) is 44.2 Å². The number of hydrogen-bond acceptors (Lipinski definition) is 3. The average Bonchev–Trinajstić information content (AvgIpc) is 2.27. The van der Waals surface area contributed by atoms with Gasteiger partial charge in [-0.25, -0.2) is 9.59 Å². The van der Waals surface area contributed by atoms with Gasteiger partial charge in [0, 0.05) is 5.54 Å². The van der Waals surface area contributed by atoms with E-state index in [1.807, 2.05) is 20.8 Å². The van der Waals surface area contributed by atoms with E-state index in [4.69, 9.17) is 4.42 Å². The van der Waals surface area contributed by atoms with Crippen molar-refractivity contribution in [2.45, 2.75) is 45.6 Å². The number of nitrogens with zero attached hydrogens (tertiary/aromatic N) is 1. The summed E-state index contributed by atoms with van der Waals surface area (Å²) in [5.41, 5.74) is 1.96. The summed E-state index contributed by atoms with van der Waals surface area (Å²) < 4.78 is 6.52. The van der Waals surface area contributed by atoms with Crippen molar-refractivity contribution in [2.24, 2.45) is 0 Å². The van der Waals surface area contributed by atoms with Gasteiger partial charge in [0.1, 0.15) is 0 Å². The van der Waals surface area contributed by atoms with Crippen molar-refractivity contribution in [1.82, 2.24) is 4.57 Å². The smallest absolute Gasteiger partial charge is 0.372 e. The summed E-state index contributed by atoms with van der Waals surface area (Å²) in [6.07, 6.45) is 0.853. The van der Waals surface area contributed by atoms with Crippen molar-refractivity contribution < 1.29 is 4.42 Å². The molecule has 0 saturated carbocycles. The Balaban J connectivity index is 2.65. The first kappa shape index (κ1) is 12.2. The van der Waals surface area contributed by atoms with E-state index in [2.05, 4.69) is 13.0 Å². The molecule has 0 radical (unpaired) electrons. The molecule has 4 heteroatoms. The first-order valence-corrected chi connectivity index (χ1v) is 6.52. The van der Waals surface area contributed by atoms with E-state index < -0.39 is 11.4 Å². The summed E-state index contributed by atoms with van der Waals surface area (Å²) in [5.74, 6) is -0.238. The fraction of sp³-hybridized carbons (Fsp3) is 0.467. The third-order valence-electron chi connectivity index (χ3n) is 4.03. The molecule has 0 saturated heterocycles. The summed E-state index contributed by atoms with van der Waals surface area (Å²) in [4.78, 5) is 24.0. The lowest BCUT2D eigenvalue weighted by Gasteiger charge is -2.36. The quantitative estimate of drug-likeness (QED) is 0.730. The van der Waals surface area contributed by atoms with E-state index in [1.54, 1.807) is 10.6 Å². The minimum Gasteiger partial charge on any atom is -0.372 e. The second kappa shape index (κ2) is 3.59. The minimum atomic E-state index is -0.556. The second-order valence-corrected chi connectivity index (χ2v) is 6.16. The molecule has 0 spiro atoms. The van der Waals surface area contributed by atoms with Gasteiger partial charge in [0.2, 0.25) is 0 Å². The zero-order chi connectivity index (χ0) is 13.9. The monoisotopic (exact) mass is 259 g/mol. The zero-order valence-corrected chi connectivity index (χ0v) is 11.6. The van der Waals surface area contributed by atoms with E-state index in [0.29, 0.717) is 11.3 Å². The molecule has 1 aliphatic rings. The number of rotatable bonds is 0. The van der Waals surface area contributed by atoms with Gasteiger partial charge in [-0.3, -0.25) is 4.57 Å². The lowest BCUT2D eigenvalue weighted by atomic mass is 9.81. The molecule has 0 aliphatic carbocycles. The first-order valence-electron chi connectivity index (χ1n) is 6.52. The van der Waals surface area contributed by atoms with E-state index in [9.17, 15) is 9.59 Å². The average molecular weight is 259 g/mol. The van der Waals surface area contributed by atoms with Crippen LogP contribution < -0.4 is 11.4 Å². The Morgan fingerprint density at radius 1 is 1.32 bits per heavy atom. The summed E-state index contributed by atoms with van der Waals surface area (Å²) in [5, 5.41) is 0.509. The van der Waals surface area contributed by atoms with E-state index >= 15 is 0 Å². The maximum atomic E-state index is 12.1. The van der Waals surface area contributed by atoms with Crippen molar-refractivity contribution in [2.75, 3.05) is 0 Å². The topological polar surface area (TPSA) is 52.2 Å². The normalized spacial score (nSPS) is 20.7. The van der Waals surface area contributed by atoms with Gasteiger partial charge in [-0.05, 0) is 50.3 Å². The molecular weight excluding hydrogens is 242 g/mol. The molecule has 0 fully saturated rings. The lowest BCUT2D eigenvalue weighted by molar-refractivity contribution is 0.256. The van der Waals surface area contributed by atoms with Crippen LogP contribution in [-0.4, -0.2) is 4.57 Å². The molecular formula is C15H17NO3. The van der Waals surface area contributed by atoms with Gasteiger partial charge in [0.25, 0.3) is 0 Å². The third kappa shape index (κ3) is 1.59. The first-order chi connectivity index (χ1) is 8.81. The third-order valence-corrected chi connectivity index (χ3v) is 4.03. The maximum absolute atomic E-state index is 12.1. The molecule has 1 atom stereocenters. The summed E-state index contributed by atoms with van der Waals surface area (Å²) in [6, 6.07) is 3.87. The van der Waals surface area contributed by atoms with E-state index in [1.165, 1.54) is 0 Å². The number of hydrogen-bond donors (Lipinski definition) is 0. The van der Waals surface area contributed by atoms with Crippen LogP contribution in [0.5, 0.6) is 0 Å². The zero-order valence-electron chi connectivity index (χ0n) is 11.6. The van der Waals surface area contributed by atoms with Crippen molar-refractivity contribution in [3.63, 3.8) is 0 Å². The van der Waals surface area contributed by atoms with Crippen LogP contribution in [0.25, 0.3) is 10.9 Å². The van der Waals surface area contributed by atoms with Gasteiger partial charge in [-0.2, -0.15) is 0 Å². The van der Waals surface area contributed by atoms with Crippen molar-refractivity contribution in [3.8, 4) is 0 Å². The standard InChI is InChI=1S/C15H17NO3/c1-8-5-10-9(2)7-15(3,4)16-12(10)11(6-8)13(17)19-14(16)18/h5-6,9H,7H2,1-4H3. The highest BCUT2D eigenvalue weighted by molar-refractivity contribution is 5.83. The summed E-state index contributed by atoms with van der Waals surface area (Å²) >= 11 is 0. The molecule has 1 aromatic heterocycles. The van der Waals surface area contributed by atoms with Gasteiger partial charge < -0.3 is 4.42 Å². The van der Waals surface area contributed by atoms with Crippen molar-refractivity contribution >= 4 is 10.9 Å². The number of aryl methyl sites for hydroxylation is 1. The van der Waals surface area contributed by atoms with Crippen LogP contribution in [-0.2, 0) is 5.54 Å². The molecule has 2 heterocycles. The Bertz CT molecular complexity index is 795. The van der Waals surface area contributed by atoms with Gasteiger partial charge in [0.05, 0.1) is 10.9 Å². The van der Waals surface area contributed by atoms with Gasteiger partial charge in [-0.1, -0.05) is 13.0 Å². The fourth-order valence-corrected chi connectivity index (χ4v) is 3.36. The van der Waals surface area contributed by atoms with E-state index in [0.717, 1.165) is 23.1 Å². The number of aromatic nitrogens is 1. The molecule has 100 valence electrons. The molecule has 19 heavy (non-hydrogen) atoms. The minimum absolute atomic E-state index is 0.318. The lowest BCUT2D eigenvalue weighted by Crippen LogP contribution is -2.42. The molecule has 0 bridgehead atoms. The van der Waals surface area contributed by atoms with Gasteiger partial charge in [-0.15, -0.1) is 0 Å². The Kier molecular flexibility index (Phi) is 2.31. The largest absolute Gasteiger partial charge is 0.422 e. The maximum Gasteiger partial charge on any atom is 0.422 e. The predicted molar refractivity (Wildman–Crippen MR) is 73.8 cm³/mol. The van der Waals surface area contributed by atoms with Crippen molar-refractivity contribution in [1.29, 1.82) is 0 Å². The fourth-order valence-electron chi connectivity index (χ4n) is 3.36. The molecule has 4 nitrogen and oxygen atoms in total. The highest BCUT2D eigenvalue weighted by Crippen LogP contribution is 2.39. The van der Waals surface area contributed by atoms with Crippen LogP contribution in [0.15, 0.2) is 26.1 Å². The van der Waals surface area contributed by atoms with Crippen LogP contribution >= 0.6 is 0 Å². The highest BCUT2D eigenvalue weighted by Gasteiger charge is 2.34. The van der Waals surface area contributed by atoms with Crippen LogP contribution in [0.4, 0.5) is 0 Å². The summed E-state index contributed by atoms with van der Waals surface area (Å²) in [7, 11) is 0. The van der Waals surface area contributed by atoms with Gasteiger partial charge in [0.15, 0.2) is 0 Å². The molecule has 2 aromatic rings. The molecule has 1 unspecified atom stereocenters.